The number of likely N-dealkylation sites (N-methyl/N-ethyl adjacent to an activating group) is 1. The van der Waals surface area contributed by atoms with Gasteiger partial charge in [-0.05, 0) is 21.0 Å². The SMILES string of the molecule is CC(N)c1csc(N2CCN(CCN(C)C)CC2)n1. The summed E-state index contributed by atoms with van der Waals surface area (Å²) in [4.78, 5) is 11.8. The van der Waals surface area contributed by atoms with E-state index in [0.29, 0.717) is 0 Å². The monoisotopic (exact) mass is 283 g/mol. The summed E-state index contributed by atoms with van der Waals surface area (Å²) >= 11 is 1.71. The van der Waals surface area contributed by atoms with E-state index in [1.807, 2.05) is 6.92 Å². The van der Waals surface area contributed by atoms with Crippen LogP contribution < -0.4 is 10.6 Å². The summed E-state index contributed by atoms with van der Waals surface area (Å²) in [6.07, 6.45) is 0. The predicted molar refractivity (Wildman–Crippen MR) is 81.9 cm³/mol. The van der Waals surface area contributed by atoms with Crippen molar-refractivity contribution in [1.29, 1.82) is 0 Å². The standard InChI is InChI=1S/C13H25N5S/c1-11(14)12-10-19-13(15-12)18-8-6-17(7-9-18)5-4-16(2)3/h10-11H,4-9,14H2,1-3H3. The maximum Gasteiger partial charge on any atom is 0.185 e. The first-order chi connectivity index (χ1) is 9.06. The van der Waals surface area contributed by atoms with Crippen molar-refractivity contribution in [2.24, 2.45) is 5.73 Å². The first kappa shape index (κ1) is 14.7. The third kappa shape index (κ3) is 4.14. The molecule has 6 heteroatoms. The fourth-order valence-corrected chi connectivity index (χ4v) is 3.12. The molecule has 1 aromatic rings. The van der Waals surface area contributed by atoms with E-state index in [-0.39, 0.29) is 6.04 Å². The molecule has 2 heterocycles. The van der Waals surface area contributed by atoms with Crippen LogP contribution in [-0.4, -0.2) is 68.1 Å². The third-order valence-corrected chi connectivity index (χ3v) is 4.40. The van der Waals surface area contributed by atoms with E-state index < -0.39 is 0 Å². The van der Waals surface area contributed by atoms with Crippen molar-refractivity contribution in [3.63, 3.8) is 0 Å². The molecule has 1 atom stereocenters. The highest BCUT2D eigenvalue weighted by molar-refractivity contribution is 7.13. The average Bonchev–Trinajstić information content (AvgIpc) is 2.86. The molecular formula is C13H25N5S. The smallest absolute Gasteiger partial charge is 0.185 e. The van der Waals surface area contributed by atoms with Gasteiger partial charge in [0.05, 0.1) is 5.69 Å². The lowest BCUT2D eigenvalue weighted by atomic mass is 10.3. The van der Waals surface area contributed by atoms with Gasteiger partial charge >= 0.3 is 0 Å². The van der Waals surface area contributed by atoms with E-state index in [1.54, 1.807) is 11.3 Å². The van der Waals surface area contributed by atoms with E-state index in [0.717, 1.165) is 50.1 Å². The van der Waals surface area contributed by atoms with Crippen LogP contribution in [0, 0.1) is 0 Å². The molecule has 1 aliphatic heterocycles. The molecule has 0 aliphatic carbocycles. The van der Waals surface area contributed by atoms with Gasteiger partial charge in [0, 0.05) is 50.7 Å². The topological polar surface area (TPSA) is 48.6 Å². The lowest BCUT2D eigenvalue weighted by Gasteiger charge is -2.35. The summed E-state index contributed by atoms with van der Waals surface area (Å²) in [6.45, 7) is 8.66. The summed E-state index contributed by atoms with van der Waals surface area (Å²) in [5.41, 5.74) is 6.87. The molecule has 2 rings (SSSR count). The molecular weight excluding hydrogens is 258 g/mol. The van der Waals surface area contributed by atoms with Crippen LogP contribution in [0.3, 0.4) is 0 Å². The molecule has 2 N–H and O–H groups in total. The quantitative estimate of drug-likeness (QED) is 0.868. The van der Waals surface area contributed by atoms with Gasteiger partial charge in [-0.15, -0.1) is 11.3 Å². The van der Waals surface area contributed by atoms with Gasteiger partial charge in [0.15, 0.2) is 5.13 Å². The maximum atomic E-state index is 5.86. The average molecular weight is 283 g/mol. The number of piperazine rings is 1. The molecule has 1 aliphatic rings. The molecule has 0 saturated carbocycles. The largest absolute Gasteiger partial charge is 0.346 e. The lowest BCUT2D eigenvalue weighted by molar-refractivity contribution is 0.229. The van der Waals surface area contributed by atoms with Crippen LogP contribution in [0.2, 0.25) is 0 Å². The molecule has 1 saturated heterocycles. The Labute approximate surface area is 120 Å². The van der Waals surface area contributed by atoms with Crippen molar-refractivity contribution in [2.75, 3.05) is 58.3 Å². The molecule has 0 spiro atoms. The second-order valence-electron chi connectivity index (χ2n) is 5.48. The Bertz CT molecular complexity index is 382. The molecule has 1 unspecified atom stereocenters. The Morgan fingerprint density at radius 3 is 2.58 bits per heavy atom. The van der Waals surface area contributed by atoms with Crippen LogP contribution in [0.1, 0.15) is 18.7 Å². The van der Waals surface area contributed by atoms with E-state index in [1.165, 1.54) is 0 Å². The highest BCUT2D eigenvalue weighted by Gasteiger charge is 2.19. The van der Waals surface area contributed by atoms with Crippen molar-refractivity contribution in [1.82, 2.24) is 14.8 Å². The van der Waals surface area contributed by atoms with Crippen molar-refractivity contribution >= 4 is 16.5 Å². The van der Waals surface area contributed by atoms with Gasteiger partial charge in [0.25, 0.3) is 0 Å². The third-order valence-electron chi connectivity index (χ3n) is 3.48. The van der Waals surface area contributed by atoms with Crippen molar-refractivity contribution in [2.45, 2.75) is 13.0 Å². The van der Waals surface area contributed by atoms with Crippen molar-refractivity contribution in [3.8, 4) is 0 Å². The highest BCUT2D eigenvalue weighted by atomic mass is 32.1. The highest BCUT2D eigenvalue weighted by Crippen LogP contribution is 2.24. The van der Waals surface area contributed by atoms with Gasteiger partial charge in [-0.2, -0.15) is 0 Å². The van der Waals surface area contributed by atoms with Crippen molar-refractivity contribution < 1.29 is 0 Å². The van der Waals surface area contributed by atoms with Crippen LogP contribution in [0.4, 0.5) is 5.13 Å². The van der Waals surface area contributed by atoms with Gasteiger partial charge < -0.3 is 15.5 Å². The van der Waals surface area contributed by atoms with Crippen LogP contribution >= 0.6 is 11.3 Å². The lowest BCUT2D eigenvalue weighted by Crippen LogP contribution is -2.48. The summed E-state index contributed by atoms with van der Waals surface area (Å²) in [6, 6.07) is 0.0337. The second-order valence-corrected chi connectivity index (χ2v) is 6.31. The Kier molecular flexibility index (Phi) is 5.15. The summed E-state index contributed by atoms with van der Waals surface area (Å²) in [5, 5.41) is 3.21. The Morgan fingerprint density at radius 1 is 1.37 bits per heavy atom. The number of aromatic nitrogens is 1. The molecule has 0 aromatic carbocycles. The molecule has 0 radical (unpaired) electrons. The Hall–Kier alpha value is -0.690. The van der Waals surface area contributed by atoms with E-state index in [2.05, 4.69) is 39.2 Å². The van der Waals surface area contributed by atoms with Gasteiger partial charge in [-0.25, -0.2) is 4.98 Å². The maximum absolute atomic E-state index is 5.86. The fraction of sp³-hybridized carbons (Fsp3) is 0.769. The Morgan fingerprint density at radius 2 is 2.05 bits per heavy atom. The van der Waals surface area contributed by atoms with Crippen LogP contribution in [-0.2, 0) is 0 Å². The number of thiazole rings is 1. The first-order valence-corrected chi connectivity index (χ1v) is 7.77. The summed E-state index contributed by atoms with van der Waals surface area (Å²) in [5.74, 6) is 0. The number of hydrogen-bond donors (Lipinski definition) is 1. The molecule has 1 fully saturated rings. The zero-order valence-corrected chi connectivity index (χ0v) is 13.0. The van der Waals surface area contributed by atoms with Crippen LogP contribution in [0.25, 0.3) is 0 Å². The Balaban J connectivity index is 1.82. The number of rotatable bonds is 5. The number of nitrogens with zero attached hydrogens (tertiary/aromatic N) is 4. The second kappa shape index (κ2) is 6.65. The molecule has 5 nitrogen and oxygen atoms in total. The van der Waals surface area contributed by atoms with Crippen LogP contribution in [0.5, 0.6) is 0 Å². The first-order valence-electron chi connectivity index (χ1n) is 6.89. The predicted octanol–water partition coefficient (Wildman–Crippen LogP) is 0.846. The van der Waals surface area contributed by atoms with Crippen molar-refractivity contribution in [3.05, 3.63) is 11.1 Å². The molecule has 0 amide bonds. The van der Waals surface area contributed by atoms with Crippen LogP contribution in [0.15, 0.2) is 5.38 Å². The van der Waals surface area contributed by atoms with E-state index in [4.69, 9.17) is 5.73 Å². The molecule has 108 valence electrons. The van der Waals surface area contributed by atoms with E-state index in [9.17, 15) is 0 Å². The molecule has 19 heavy (non-hydrogen) atoms. The van der Waals surface area contributed by atoms with Gasteiger partial charge in [0.1, 0.15) is 0 Å². The summed E-state index contributed by atoms with van der Waals surface area (Å²) in [7, 11) is 4.25. The normalized spacial score (nSPS) is 19.1. The van der Waals surface area contributed by atoms with Gasteiger partial charge in [-0.1, -0.05) is 0 Å². The number of nitrogens with two attached hydrogens (primary N) is 1. The zero-order chi connectivity index (χ0) is 13.8. The fourth-order valence-electron chi connectivity index (χ4n) is 2.13. The minimum Gasteiger partial charge on any atom is -0.346 e. The number of hydrogen-bond acceptors (Lipinski definition) is 6. The molecule has 0 bridgehead atoms. The number of anilines is 1. The molecule has 1 aromatic heterocycles. The minimum absolute atomic E-state index is 0.0337. The van der Waals surface area contributed by atoms with Gasteiger partial charge in [0.2, 0.25) is 0 Å². The zero-order valence-electron chi connectivity index (χ0n) is 12.2. The summed E-state index contributed by atoms with van der Waals surface area (Å²) < 4.78 is 0. The van der Waals surface area contributed by atoms with E-state index >= 15 is 0 Å². The van der Waals surface area contributed by atoms with Gasteiger partial charge in [-0.3, -0.25) is 4.90 Å². The minimum atomic E-state index is 0.0337.